The quantitative estimate of drug-likeness (QED) is 0.731. The van der Waals surface area contributed by atoms with Crippen molar-refractivity contribution in [2.24, 2.45) is 5.73 Å². The molecule has 0 heterocycles. The predicted molar refractivity (Wildman–Crippen MR) is 56.3 cm³/mol. The summed E-state index contributed by atoms with van der Waals surface area (Å²) in [6.07, 6.45) is 0.788. The van der Waals surface area contributed by atoms with Gasteiger partial charge in [-0.1, -0.05) is 6.07 Å². The molecule has 3 nitrogen and oxygen atoms in total. The van der Waals surface area contributed by atoms with E-state index in [2.05, 4.69) is 0 Å². The first-order valence-electron chi connectivity index (χ1n) is 4.88. The molecule has 1 rings (SSSR count). The Kier molecular flexibility index (Phi) is 5.07. The Hall–Kier alpha value is -1.13. The summed E-state index contributed by atoms with van der Waals surface area (Å²) in [5.41, 5.74) is 5.84. The van der Waals surface area contributed by atoms with Crippen molar-refractivity contribution in [3.8, 4) is 5.75 Å². The molecule has 4 heteroatoms. The fraction of sp³-hybridized carbons (Fsp3) is 0.455. The van der Waals surface area contributed by atoms with Crippen LogP contribution in [0.15, 0.2) is 18.2 Å². The van der Waals surface area contributed by atoms with Gasteiger partial charge in [0, 0.05) is 38.3 Å². The third kappa shape index (κ3) is 3.85. The first-order valence-corrected chi connectivity index (χ1v) is 4.88. The van der Waals surface area contributed by atoms with E-state index in [0.29, 0.717) is 24.5 Å². The van der Waals surface area contributed by atoms with Crippen molar-refractivity contribution in [1.82, 2.24) is 0 Å². The molecular weight excluding hydrogens is 197 g/mol. The van der Waals surface area contributed by atoms with Crippen molar-refractivity contribution in [3.63, 3.8) is 0 Å². The molecular formula is C11H16FNO2. The average molecular weight is 213 g/mol. The molecule has 0 unspecified atom stereocenters. The van der Waals surface area contributed by atoms with Crippen LogP contribution in [0, 0.1) is 5.82 Å². The number of halogens is 1. The summed E-state index contributed by atoms with van der Waals surface area (Å²) in [5, 5.41) is 0. The highest BCUT2D eigenvalue weighted by Crippen LogP contribution is 2.16. The summed E-state index contributed by atoms with van der Waals surface area (Å²) in [6, 6.07) is 4.72. The minimum atomic E-state index is -0.318. The predicted octanol–water partition coefficient (Wildman–Crippen LogP) is 1.70. The van der Waals surface area contributed by atoms with Crippen LogP contribution in [0.3, 0.4) is 0 Å². The van der Waals surface area contributed by atoms with E-state index in [0.717, 1.165) is 6.42 Å². The molecule has 0 saturated heterocycles. The van der Waals surface area contributed by atoms with E-state index in [1.54, 1.807) is 19.2 Å². The minimum absolute atomic E-state index is 0.204. The molecule has 0 radical (unpaired) electrons. The number of nitrogens with two attached hydrogens (primary N) is 1. The fourth-order valence-corrected chi connectivity index (χ4v) is 1.18. The molecule has 0 amide bonds. The van der Waals surface area contributed by atoms with E-state index in [9.17, 15) is 4.39 Å². The van der Waals surface area contributed by atoms with Gasteiger partial charge in [0.25, 0.3) is 0 Å². The van der Waals surface area contributed by atoms with E-state index >= 15 is 0 Å². The molecule has 0 aromatic heterocycles. The van der Waals surface area contributed by atoms with Crippen LogP contribution in [-0.2, 0) is 11.3 Å². The van der Waals surface area contributed by atoms with Crippen molar-refractivity contribution >= 4 is 0 Å². The van der Waals surface area contributed by atoms with Gasteiger partial charge < -0.3 is 15.2 Å². The summed E-state index contributed by atoms with van der Waals surface area (Å²) in [6.45, 7) is 1.37. The number of ether oxygens (including phenoxy) is 2. The van der Waals surface area contributed by atoms with Gasteiger partial charge in [-0.2, -0.15) is 0 Å². The molecule has 0 aliphatic heterocycles. The Balaban J connectivity index is 2.45. The molecule has 2 N–H and O–H groups in total. The lowest BCUT2D eigenvalue weighted by molar-refractivity contribution is 0.172. The van der Waals surface area contributed by atoms with Gasteiger partial charge in [-0.15, -0.1) is 0 Å². The van der Waals surface area contributed by atoms with Crippen LogP contribution < -0.4 is 10.5 Å². The van der Waals surface area contributed by atoms with E-state index in [1.165, 1.54) is 6.07 Å². The number of rotatable bonds is 6. The molecule has 0 atom stereocenters. The average Bonchev–Trinajstić information content (AvgIpc) is 2.25. The molecule has 0 bridgehead atoms. The normalized spacial score (nSPS) is 10.3. The second-order valence-electron chi connectivity index (χ2n) is 3.15. The van der Waals surface area contributed by atoms with Gasteiger partial charge in [0.2, 0.25) is 0 Å². The zero-order valence-electron chi connectivity index (χ0n) is 8.83. The van der Waals surface area contributed by atoms with Crippen molar-refractivity contribution in [3.05, 3.63) is 29.6 Å². The number of benzene rings is 1. The van der Waals surface area contributed by atoms with Gasteiger partial charge in [0.05, 0.1) is 6.61 Å². The zero-order chi connectivity index (χ0) is 11.1. The molecule has 0 spiro atoms. The standard InChI is InChI=1S/C11H16FNO2/c1-14-5-2-6-15-10-4-3-9(8-13)11(12)7-10/h3-4,7H,2,5-6,8,13H2,1H3. The topological polar surface area (TPSA) is 44.5 Å². The highest BCUT2D eigenvalue weighted by molar-refractivity contribution is 5.28. The molecule has 1 aromatic rings. The van der Waals surface area contributed by atoms with Gasteiger partial charge in [0.15, 0.2) is 0 Å². The first-order chi connectivity index (χ1) is 7.27. The van der Waals surface area contributed by atoms with Crippen LogP contribution in [0.1, 0.15) is 12.0 Å². The molecule has 0 fully saturated rings. The monoisotopic (exact) mass is 213 g/mol. The maximum absolute atomic E-state index is 13.2. The van der Waals surface area contributed by atoms with Crippen LogP contribution in [-0.4, -0.2) is 20.3 Å². The number of hydrogen-bond acceptors (Lipinski definition) is 3. The van der Waals surface area contributed by atoms with Crippen molar-refractivity contribution < 1.29 is 13.9 Å². The van der Waals surface area contributed by atoms with Gasteiger partial charge in [-0.3, -0.25) is 0 Å². The summed E-state index contributed by atoms with van der Waals surface area (Å²) in [5.74, 6) is 0.211. The Morgan fingerprint density at radius 3 is 2.73 bits per heavy atom. The van der Waals surface area contributed by atoms with E-state index < -0.39 is 0 Å². The minimum Gasteiger partial charge on any atom is -0.493 e. The van der Waals surface area contributed by atoms with Crippen LogP contribution in [0.5, 0.6) is 5.75 Å². The summed E-state index contributed by atoms with van der Waals surface area (Å²) in [4.78, 5) is 0. The molecule has 0 aliphatic rings. The van der Waals surface area contributed by atoms with Crippen molar-refractivity contribution in [1.29, 1.82) is 0 Å². The lowest BCUT2D eigenvalue weighted by Gasteiger charge is -2.07. The molecule has 0 aliphatic carbocycles. The van der Waals surface area contributed by atoms with Crippen molar-refractivity contribution in [2.45, 2.75) is 13.0 Å². The smallest absolute Gasteiger partial charge is 0.131 e. The van der Waals surface area contributed by atoms with Gasteiger partial charge in [-0.25, -0.2) is 4.39 Å². The van der Waals surface area contributed by atoms with Crippen LogP contribution in [0.25, 0.3) is 0 Å². The van der Waals surface area contributed by atoms with Crippen LogP contribution in [0.2, 0.25) is 0 Å². The van der Waals surface area contributed by atoms with E-state index in [4.69, 9.17) is 15.2 Å². The van der Waals surface area contributed by atoms with E-state index in [-0.39, 0.29) is 12.4 Å². The molecule has 84 valence electrons. The first kappa shape index (κ1) is 11.9. The number of hydrogen-bond donors (Lipinski definition) is 1. The SMILES string of the molecule is COCCCOc1ccc(CN)c(F)c1. The largest absolute Gasteiger partial charge is 0.493 e. The third-order valence-electron chi connectivity index (χ3n) is 2.01. The second-order valence-corrected chi connectivity index (χ2v) is 3.15. The van der Waals surface area contributed by atoms with Gasteiger partial charge in [0.1, 0.15) is 11.6 Å². The van der Waals surface area contributed by atoms with Crippen molar-refractivity contribution in [2.75, 3.05) is 20.3 Å². The maximum Gasteiger partial charge on any atom is 0.131 e. The zero-order valence-corrected chi connectivity index (χ0v) is 8.83. The third-order valence-corrected chi connectivity index (χ3v) is 2.01. The summed E-state index contributed by atoms with van der Waals surface area (Å²) >= 11 is 0. The van der Waals surface area contributed by atoms with Gasteiger partial charge >= 0.3 is 0 Å². The van der Waals surface area contributed by atoms with E-state index in [1.807, 2.05) is 0 Å². The fourth-order valence-electron chi connectivity index (χ4n) is 1.18. The summed E-state index contributed by atoms with van der Waals surface area (Å²) in [7, 11) is 1.63. The molecule has 15 heavy (non-hydrogen) atoms. The Bertz CT molecular complexity index is 305. The summed E-state index contributed by atoms with van der Waals surface area (Å²) < 4.78 is 23.4. The van der Waals surface area contributed by atoms with Crippen LogP contribution >= 0.6 is 0 Å². The Labute approximate surface area is 89.0 Å². The highest BCUT2D eigenvalue weighted by Gasteiger charge is 2.02. The maximum atomic E-state index is 13.2. The lowest BCUT2D eigenvalue weighted by atomic mass is 10.2. The lowest BCUT2D eigenvalue weighted by Crippen LogP contribution is -2.03. The second kappa shape index (κ2) is 6.37. The van der Waals surface area contributed by atoms with Crippen LogP contribution in [0.4, 0.5) is 4.39 Å². The number of methoxy groups -OCH3 is 1. The molecule has 1 aromatic carbocycles. The Morgan fingerprint density at radius 1 is 1.33 bits per heavy atom. The highest BCUT2D eigenvalue weighted by atomic mass is 19.1. The molecule has 0 saturated carbocycles. The van der Waals surface area contributed by atoms with Gasteiger partial charge in [-0.05, 0) is 6.07 Å². The Morgan fingerprint density at radius 2 is 2.13 bits per heavy atom.